The summed E-state index contributed by atoms with van der Waals surface area (Å²) in [7, 11) is -3.79. The summed E-state index contributed by atoms with van der Waals surface area (Å²) in [4.78, 5) is 9.86. The summed E-state index contributed by atoms with van der Waals surface area (Å²) in [5.41, 5.74) is 5.67. The summed E-state index contributed by atoms with van der Waals surface area (Å²) >= 11 is 5.68. The Hall–Kier alpha value is -1.18. The summed E-state index contributed by atoms with van der Waals surface area (Å²) in [6, 6.07) is 1.09. The van der Waals surface area contributed by atoms with Crippen LogP contribution in [0.15, 0.2) is 17.0 Å². The average molecular weight is 296 g/mol. The van der Waals surface area contributed by atoms with E-state index < -0.39 is 39.0 Å². The highest BCUT2D eigenvalue weighted by atomic mass is 35.5. The third-order valence-corrected chi connectivity index (χ3v) is 3.78. The number of carboxylic acid groups (broad SMARTS) is 1. The van der Waals surface area contributed by atoms with Crippen molar-refractivity contribution in [3.05, 3.63) is 28.5 Å². The van der Waals surface area contributed by atoms with Gasteiger partial charge in [-0.1, -0.05) is 11.6 Å². The molecule has 0 fully saturated rings. The van der Waals surface area contributed by atoms with Gasteiger partial charge in [0, 0.05) is 12.3 Å². The third kappa shape index (κ3) is 3.41. The molecule has 0 aliphatic carbocycles. The average Bonchev–Trinajstić information content (AvgIpc) is 2.12. The van der Waals surface area contributed by atoms with Crippen molar-refractivity contribution in [1.82, 2.24) is 0 Å². The Morgan fingerprint density at radius 2 is 2.11 bits per heavy atom. The highest BCUT2D eigenvalue weighted by Gasteiger charge is 2.21. The smallest absolute Gasteiger partial charge is 0.305 e. The molecule has 0 heterocycles. The van der Waals surface area contributed by atoms with Crippen LogP contribution in [0.3, 0.4) is 0 Å². The van der Waals surface area contributed by atoms with Crippen molar-refractivity contribution in [1.29, 1.82) is 0 Å². The topological polar surface area (TPSA) is 97.5 Å². The van der Waals surface area contributed by atoms with Crippen LogP contribution < -0.4 is 5.73 Å². The first-order valence-corrected chi connectivity index (χ1v) is 7.06. The minimum absolute atomic E-state index is 0.132. The molecule has 100 valence electrons. The minimum atomic E-state index is -3.79. The van der Waals surface area contributed by atoms with E-state index >= 15 is 0 Å². The van der Waals surface area contributed by atoms with Gasteiger partial charge in [0.25, 0.3) is 0 Å². The molecule has 1 unspecified atom stereocenters. The number of sulfone groups is 1. The van der Waals surface area contributed by atoms with Gasteiger partial charge < -0.3 is 10.8 Å². The quantitative estimate of drug-likeness (QED) is 0.874. The van der Waals surface area contributed by atoms with E-state index in [0.717, 1.165) is 18.4 Å². The number of benzene rings is 1. The molecule has 0 bridgehead atoms. The number of aliphatic carboxylic acids is 1. The van der Waals surface area contributed by atoms with Crippen LogP contribution in [0.1, 0.15) is 18.0 Å². The lowest BCUT2D eigenvalue weighted by Crippen LogP contribution is -2.16. The first kappa shape index (κ1) is 14.9. The van der Waals surface area contributed by atoms with Crippen molar-refractivity contribution in [2.45, 2.75) is 17.4 Å². The SMILES string of the molecule is CS(=O)(=O)c1c(F)cc(C(N)CC(=O)O)cc1Cl. The normalized spacial score (nSPS) is 13.3. The van der Waals surface area contributed by atoms with Gasteiger partial charge in [0.1, 0.15) is 10.7 Å². The first-order chi connectivity index (χ1) is 8.12. The standard InChI is InChI=1S/C10H11ClFNO4S/c1-18(16,17)10-6(11)2-5(3-7(10)12)8(13)4-9(14)15/h2-3,8H,4,13H2,1H3,(H,14,15). The number of carboxylic acids is 1. The lowest BCUT2D eigenvalue weighted by atomic mass is 10.0. The van der Waals surface area contributed by atoms with Crippen LogP contribution in [0.25, 0.3) is 0 Å². The minimum Gasteiger partial charge on any atom is -0.481 e. The highest BCUT2D eigenvalue weighted by Crippen LogP contribution is 2.28. The van der Waals surface area contributed by atoms with Gasteiger partial charge in [0.15, 0.2) is 9.84 Å². The molecule has 18 heavy (non-hydrogen) atoms. The van der Waals surface area contributed by atoms with Crippen molar-refractivity contribution in [2.24, 2.45) is 5.73 Å². The second kappa shape index (κ2) is 5.21. The largest absolute Gasteiger partial charge is 0.481 e. The van der Waals surface area contributed by atoms with Crippen molar-refractivity contribution in [2.75, 3.05) is 6.26 Å². The third-order valence-electron chi connectivity index (χ3n) is 2.21. The Balaban J connectivity index is 3.27. The zero-order valence-electron chi connectivity index (χ0n) is 9.35. The van der Waals surface area contributed by atoms with Gasteiger partial charge in [-0.05, 0) is 17.7 Å². The molecular weight excluding hydrogens is 285 g/mol. The molecule has 0 saturated heterocycles. The zero-order chi connectivity index (χ0) is 14.1. The van der Waals surface area contributed by atoms with Crippen LogP contribution in [0.2, 0.25) is 5.02 Å². The molecule has 8 heteroatoms. The Morgan fingerprint density at radius 1 is 1.56 bits per heavy atom. The maximum absolute atomic E-state index is 13.6. The summed E-state index contributed by atoms with van der Waals surface area (Å²) in [5, 5.41) is 8.25. The molecule has 5 nitrogen and oxygen atoms in total. The molecule has 1 aromatic rings. The van der Waals surface area contributed by atoms with Crippen molar-refractivity contribution in [3.63, 3.8) is 0 Å². The van der Waals surface area contributed by atoms with E-state index in [-0.39, 0.29) is 10.6 Å². The molecule has 0 saturated carbocycles. The molecule has 0 aliphatic heterocycles. The Bertz CT molecular complexity index is 565. The van der Waals surface area contributed by atoms with Gasteiger partial charge in [0.2, 0.25) is 0 Å². The van der Waals surface area contributed by atoms with E-state index in [1.807, 2.05) is 0 Å². The zero-order valence-corrected chi connectivity index (χ0v) is 10.9. The van der Waals surface area contributed by atoms with Crippen LogP contribution in [0.5, 0.6) is 0 Å². The van der Waals surface area contributed by atoms with Crippen LogP contribution >= 0.6 is 11.6 Å². The Labute approximate surface area is 108 Å². The second-order valence-electron chi connectivity index (χ2n) is 3.79. The summed E-state index contributed by atoms with van der Waals surface area (Å²) in [6.07, 6.45) is 0.419. The van der Waals surface area contributed by atoms with E-state index in [0.29, 0.717) is 0 Å². The molecule has 0 amide bonds. The maximum Gasteiger partial charge on any atom is 0.305 e. The number of carbonyl (C=O) groups is 1. The van der Waals surface area contributed by atoms with Crippen LogP contribution in [-0.4, -0.2) is 25.7 Å². The number of nitrogens with two attached hydrogens (primary N) is 1. The first-order valence-electron chi connectivity index (χ1n) is 4.79. The number of halogens is 2. The van der Waals surface area contributed by atoms with E-state index in [1.54, 1.807) is 0 Å². The van der Waals surface area contributed by atoms with Gasteiger partial charge in [-0.25, -0.2) is 12.8 Å². The van der Waals surface area contributed by atoms with Gasteiger partial charge in [-0.3, -0.25) is 4.79 Å². The second-order valence-corrected chi connectivity index (χ2v) is 6.15. The van der Waals surface area contributed by atoms with E-state index in [1.165, 1.54) is 0 Å². The van der Waals surface area contributed by atoms with E-state index in [2.05, 4.69) is 0 Å². The monoisotopic (exact) mass is 295 g/mol. The maximum atomic E-state index is 13.6. The van der Waals surface area contributed by atoms with Crippen LogP contribution in [0.4, 0.5) is 4.39 Å². The molecule has 3 N–H and O–H groups in total. The molecular formula is C10H11ClFNO4S. The molecule has 0 radical (unpaired) electrons. The fourth-order valence-electron chi connectivity index (χ4n) is 1.45. The Morgan fingerprint density at radius 3 is 2.50 bits per heavy atom. The molecule has 1 aromatic carbocycles. The molecule has 1 rings (SSSR count). The van der Waals surface area contributed by atoms with Crippen molar-refractivity contribution >= 4 is 27.4 Å². The predicted octanol–water partition coefficient (Wildman–Crippen LogP) is 1.36. The number of hydrogen-bond donors (Lipinski definition) is 2. The van der Waals surface area contributed by atoms with E-state index in [9.17, 15) is 17.6 Å². The number of rotatable bonds is 4. The fourth-order valence-corrected chi connectivity index (χ4v) is 2.92. The summed E-state index contributed by atoms with van der Waals surface area (Å²) in [6.45, 7) is 0. The summed E-state index contributed by atoms with van der Waals surface area (Å²) < 4.78 is 36.2. The van der Waals surface area contributed by atoms with Gasteiger partial charge in [-0.2, -0.15) is 0 Å². The number of hydrogen-bond acceptors (Lipinski definition) is 4. The predicted molar refractivity (Wildman–Crippen MR) is 63.7 cm³/mol. The fraction of sp³-hybridized carbons (Fsp3) is 0.300. The Kier molecular flexibility index (Phi) is 4.31. The molecule has 0 spiro atoms. The van der Waals surface area contributed by atoms with Gasteiger partial charge in [0.05, 0.1) is 11.4 Å². The summed E-state index contributed by atoms with van der Waals surface area (Å²) in [5.74, 6) is -2.19. The van der Waals surface area contributed by atoms with Crippen LogP contribution in [0, 0.1) is 5.82 Å². The lowest BCUT2D eigenvalue weighted by molar-refractivity contribution is -0.137. The van der Waals surface area contributed by atoms with Gasteiger partial charge >= 0.3 is 5.97 Å². The van der Waals surface area contributed by atoms with Crippen LogP contribution in [-0.2, 0) is 14.6 Å². The highest BCUT2D eigenvalue weighted by molar-refractivity contribution is 7.90. The van der Waals surface area contributed by atoms with E-state index in [4.69, 9.17) is 22.4 Å². The lowest BCUT2D eigenvalue weighted by Gasteiger charge is -2.12. The van der Waals surface area contributed by atoms with Crippen molar-refractivity contribution < 1.29 is 22.7 Å². The van der Waals surface area contributed by atoms with Gasteiger partial charge in [-0.15, -0.1) is 0 Å². The molecule has 1 atom stereocenters. The molecule has 0 aliphatic rings. The van der Waals surface area contributed by atoms with Crippen molar-refractivity contribution in [3.8, 4) is 0 Å². The molecule has 0 aromatic heterocycles.